The van der Waals surface area contributed by atoms with Crippen molar-refractivity contribution in [3.05, 3.63) is 22.4 Å². The minimum Gasteiger partial charge on any atom is -0.591 e. The molecular weight excluding hydrogens is 238 g/mol. The number of hydrogen-bond acceptors (Lipinski definition) is 3. The van der Waals surface area contributed by atoms with Gasteiger partial charge in [0.2, 0.25) is 0 Å². The molecular formula is C12H19NOS2. The summed E-state index contributed by atoms with van der Waals surface area (Å²) in [4.78, 5) is 1.12. The molecule has 0 saturated heterocycles. The van der Waals surface area contributed by atoms with Gasteiger partial charge in [0.15, 0.2) is 0 Å². The molecule has 0 radical (unpaired) electrons. The summed E-state index contributed by atoms with van der Waals surface area (Å²) in [7, 11) is 0. The predicted octanol–water partition coefficient (Wildman–Crippen LogP) is 3.66. The van der Waals surface area contributed by atoms with Gasteiger partial charge in [-0.2, -0.15) is 0 Å². The summed E-state index contributed by atoms with van der Waals surface area (Å²) in [6.45, 7) is 9.99. The van der Waals surface area contributed by atoms with E-state index in [1.54, 1.807) is 11.3 Å². The summed E-state index contributed by atoms with van der Waals surface area (Å²) in [5.41, 5.74) is 0.947. The summed E-state index contributed by atoms with van der Waals surface area (Å²) in [5.74, 6) is 0.296. The SMILES string of the molecule is CC(C)/C(=N/[S+]([O-])C(C)(C)C)c1cccs1. The van der Waals surface area contributed by atoms with Crippen LogP contribution in [0.2, 0.25) is 0 Å². The summed E-state index contributed by atoms with van der Waals surface area (Å²) in [5, 5.41) is 2.02. The first-order valence-electron chi connectivity index (χ1n) is 5.37. The number of hydrogen-bond donors (Lipinski definition) is 0. The van der Waals surface area contributed by atoms with Gasteiger partial charge in [-0.1, -0.05) is 24.3 Å². The molecule has 0 bridgehead atoms. The lowest BCUT2D eigenvalue weighted by Crippen LogP contribution is -2.27. The molecule has 0 aliphatic rings. The van der Waals surface area contributed by atoms with Gasteiger partial charge in [-0.3, -0.25) is 0 Å². The molecule has 16 heavy (non-hydrogen) atoms. The van der Waals surface area contributed by atoms with Crippen LogP contribution in [0.1, 0.15) is 39.5 Å². The fourth-order valence-electron chi connectivity index (χ4n) is 1.09. The second-order valence-electron chi connectivity index (χ2n) is 4.97. The predicted molar refractivity (Wildman–Crippen MR) is 73.6 cm³/mol. The van der Waals surface area contributed by atoms with Crippen LogP contribution >= 0.6 is 11.3 Å². The molecule has 0 saturated carbocycles. The van der Waals surface area contributed by atoms with Gasteiger partial charge in [-0.25, -0.2) is 0 Å². The van der Waals surface area contributed by atoms with Gasteiger partial charge in [0, 0.05) is 5.92 Å². The van der Waals surface area contributed by atoms with Crippen molar-refractivity contribution in [1.82, 2.24) is 0 Å². The highest BCUT2D eigenvalue weighted by atomic mass is 32.2. The molecule has 90 valence electrons. The molecule has 0 aliphatic heterocycles. The maximum Gasteiger partial charge on any atom is 0.144 e. The van der Waals surface area contributed by atoms with Crippen LogP contribution in [0.3, 0.4) is 0 Å². The van der Waals surface area contributed by atoms with Crippen molar-refractivity contribution in [2.45, 2.75) is 39.4 Å². The Labute approximate surface area is 105 Å². The van der Waals surface area contributed by atoms with E-state index in [0.29, 0.717) is 5.92 Å². The zero-order valence-corrected chi connectivity index (χ0v) is 12.1. The Balaban J connectivity index is 3.00. The zero-order valence-electron chi connectivity index (χ0n) is 10.5. The first-order chi connectivity index (χ1) is 7.32. The van der Waals surface area contributed by atoms with Crippen molar-refractivity contribution in [2.24, 2.45) is 10.3 Å². The molecule has 0 aromatic carbocycles. The Bertz CT molecular complexity index is 350. The first-order valence-corrected chi connectivity index (χ1v) is 7.35. The first kappa shape index (κ1) is 13.7. The van der Waals surface area contributed by atoms with Crippen molar-refractivity contribution in [3.63, 3.8) is 0 Å². The molecule has 0 amide bonds. The Morgan fingerprint density at radius 2 is 2.06 bits per heavy atom. The topological polar surface area (TPSA) is 35.4 Å². The van der Waals surface area contributed by atoms with Crippen molar-refractivity contribution >= 4 is 28.4 Å². The fraction of sp³-hybridized carbons (Fsp3) is 0.583. The Morgan fingerprint density at radius 1 is 1.44 bits per heavy atom. The highest BCUT2D eigenvalue weighted by molar-refractivity contribution is 7.91. The van der Waals surface area contributed by atoms with E-state index in [1.807, 2.05) is 38.3 Å². The van der Waals surface area contributed by atoms with Crippen LogP contribution in [0.4, 0.5) is 0 Å². The molecule has 1 aromatic heterocycles. The standard InChI is InChI=1S/C12H19NOS2/c1-9(2)11(10-7-6-8-15-10)13-16(14)12(3,4)5/h6-9H,1-5H3/b13-11-. The summed E-state index contributed by atoms with van der Waals surface area (Å²) >= 11 is 0.469. The van der Waals surface area contributed by atoms with Gasteiger partial charge >= 0.3 is 0 Å². The van der Waals surface area contributed by atoms with Crippen LogP contribution in [0.25, 0.3) is 0 Å². The van der Waals surface area contributed by atoms with Crippen molar-refractivity contribution in [1.29, 1.82) is 0 Å². The highest BCUT2D eigenvalue weighted by Gasteiger charge is 2.28. The van der Waals surface area contributed by atoms with Gasteiger partial charge in [0.05, 0.1) is 4.88 Å². The average Bonchev–Trinajstić information content (AvgIpc) is 2.63. The van der Waals surface area contributed by atoms with Gasteiger partial charge in [-0.05, 0) is 32.2 Å². The minimum absolute atomic E-state index is 0.294. The van der Waals surface area contributed by atoms with E-state index in [-0.39, 0.29) is 4.75 Å². The molecule has 0 N–H and O–H groups in total. The zero-order chi connectivity index (χ0) is 12.3. The third-order valence-corrected chi connectivity index (χ3v) is 4.33. The highest BCUT2D eigenvalue weighted by Crippen LogP contribution is 2.22. The number of rotatable bonds is 3. The molecule has 0 spiro atoms. The van der Waals surface area contributed by atoms with Crippen LogP contribution in [0, 0.1) is 5.92 Å². The van der Waals surface area contributed by atoms with Crippen LogP contribution < -0.4 is 0 Å². The second kappa shape index (κ2) is 5.34. The maximum absolute atomic E-state index is 12.0. The smallest absolute Gasteiger partial charge is 0.144 e. The van der Waals surface area contributed by atoms with Gasteiger partial charge in [-0.15, -0.1) is 11.3 Å². The maximum atomic E-state index is 12.0. The van der Waals surface area contributed by atoms with Crippen LogP contribution in [-0.4, -0.2) is 15.0 Å². The van der Waals surface area contributed by atoms with E-state index in [0.717, 1.165) is 10.6 Å². The van der Waals surface area contributed by atoms with Gasteiger partial charge < -0.3 is 4.55 Å². The monoisotopic (exact) mass is 257 g/mol. The fourth-order valence-corrected chi connectivity index (χ4v) is 2.77. The number of nitrogens with zero attached hydrogens (tertiary/aromatic N) is 1. The molecule has 1 rings (SSSR count). The normalized spacial score (nSPS) is 15.6. The third kappa shape index (κ3) is 3.61. The number of thiophene rings is 1. The lowest BCUT2D eigenvalue weighted by atomic mass is 10.1. The van der Waals surface area contributed by atoms with Gasteiger partial charge in [0.1, 0.15) is 21.8 Å². The van der Waals surface area contributed by atoms with E-state index in [4.69, 9.17) is 0 Å². The van der Waals surface area contributed by atoms with E-state index < -0.39 is 11.4 Å². The summed E-state index contributed by atoms with van der Waals surface area (Å²) in [6, 6.07) is 4.03. The summed E-state index contributed by atoms with van der Waals surface area (Å²) < 4.78 is 16.1. The van der Waals surface area contributed by atoms with Crippen molar-refractivity contribution in [2.75, 3.05) is 0 Å². The van der Waals surface area contributed by atoms with Crippen LogP contribution in [0.15, 0.2) is 21.9 Å². The lowest BCUT2D eigenvalue weighted by Gasteiger charge is -2.20. The van der Waals surface area contributed by atoms with E-state index in [9.17, 15) is 4.55 Å². The molecule has 1 heterocycles. The Hall–Kier alpha value is -0.320. The molecule has 0 aliphatic carbocycles. The lowest BCUT2D eigenvalue weighted by molar-refractivity contribution is 0.561. The van der Waals surface area contributed by atoms with Gasteiger partial charge in [0.25, 0.3) is 0 Å². The largest absolute Gasteiger partial charge is 0.591 e. The Kier molecular flexibility index (Phi) is 4.59. The minimum atomic E-state index is -1.18. The average molecular weight is 257 g/mol. The second-order valence-corrected chi connectivity index (χ2v) is 7.82. The van der Waals surface area contributed by atoms with E-state index in [1.165, 1.54) is 0 Å². The van der Waals surface area contributed by atoms with E-state index in [2.05, 4.69) is 18.2 Å². The van der Waals surface area contributed by atoms with Crippen LogP contribution in [0.5, 0.6) is 0 Å². The van der Waals surface area contributed by atoms with Crippen molar-refractivity contribution in [3.8, 4) is 0 Å². The molecule has 1 unspecified atom stereocenters. The van der Waals surface area contributed by atoms with E-state index >= 15 is 0 Å². The van der Waals surface area contributed by atoms with Crippen LogP contribution in [-0.2, 0) is 11.4 Å². The third-order valence-electron chi connectivity index (χ3n) is 2.03. The molecule has 1 aromatic rings. The molecule has 4 heteroatoms. The molecule has 2 nitrogen and oxygen atoms in total. The summed E-state index contributed by atoms with van der Waals surface area (Å²) in [6.07, 6.45) is 0. The Morgan fingerprint density at radius 3 is 2.44 bits per heavy atom. The van der Waals surface area contributed by atoms with Crippen molar-refractivity contribution < 1.29 is 4.55 Å². The molecule has 1 atom stereocenters. The quantitative estimate of drug-likeness (QED) is 0.601. The molecule has 0 fully saturated rings.